The fourth-order valence-electron chi connectivity index (χ4n) is 3.13. The van der Waals surface area contributed by atoms with Gasteiger partial charge in [0.2, 0.25) is 0 Å². The average Bonchev–Trinajstić information content (AvgIpc) is 3.25. The van der Waals surface area contributed by atoms with Crippen LogP contribution in [0.3, 0.4) is 0 Å². The van der Waals surface area contributed by atoms with Gasteiger partial charge in [0, 0.05) is 24.0 Å². The summed E-state index contributed by atoms with van der Waals surface area (Å²) in [5.41, 5.74) is 3.23. The molecule has 1 aliphatic carbocycles. The Labute approximate surface area is 153 Å². The summed E-state index contributed by atoms with van der Waals surface area (Å²) in [5, 5.41) is 5.64. The van der Waals surface area contributed by atoms with Crippen molar-refractivity contribution in [2.24, 2.45) is 0 Å². The molecule has 0 spiro atoms. The average molecular weight is 401 g/mol. The molecule has 128 valence electrons. The smallest absolute Gasteiger partial charge is 0.323 e. The molecular formula is C18H17BrN4O2. The first-order valence-corrected chi connectivity index (χ1v) is 9.06. The van der Waals surface area contributed by atoms with Crippen molar-refractivity contribution >= 4 is 39.1 Å². The second-order valence-corrected chi connectivity index (χ2v) is 7.00. The monoisotopic (exact) mass is 400 g/mol. The number of nitrogens with one attached hydrogen (secondary N) is 2. The number of anilines is 1. The molecule has 1 fully saturated rings. The van der Waals surface area contributed by atoms with Crippen molar-refractivity contribution < 1.29 is 9.21 Å². The Balaban J connectivity index is 1.57. The molecule has 0 saturated heterocycles. The van der Waals surface area contributed by atoms with Gasteiger partial charge in [0.15, 0.2) is 5.58 Å². The van der Waals surface area contributed by atoms with Crippen molar-refractivity contribution in [2.75, 3.05) is 5.32 Å². The Bertz CT molecular complexity index is 904. The van der Waals surface area contributed by atoms with E-state index in [-0.39, 0.29) is 18.1 Å². The molecule has 2 N–H and O–H groups in total. The fourth-order valence-corrected chi connectivity index (χ4v) is 3.66. The molecule has 0 atom stereocenters. The highest BCUT2D eigenvalue weighted by Crippen LogP contribution is 2.32. The van der Waals surface area contributed by atoms with Crippen LogP contribution < -0.4 is 10.6 Å². The van der Waals surface area contributed by atoms with Gasteiger partial charge < -0.3 is 9.73 Å². The number of benzene rings is 1. The molecule has 2 heterocycles. The van der Waals surface area contributed by atoms with Crippen LogP contribution in [0.2, 0.25) is 0 Å². The van der Waals surface area contributed by atoms with Gasteiger partial charge in [-0.1, -0.05) is 18.9 Å². The number of carbonyl (C=O) groups excluding carboxylic acids is 1. The van der Waals surface area contributed by atoms with E-state index in [1.165, 1.54) is 0 Å². The molecule has 2 amide bonds. The highest BCUT2D eigenvalue weighted by atomic mass is 79.9. The maximum atomic E-state index is 12.1. The van der Waals surface area contributed by atoms with Gasteiger partial charge in [-0.05, 0) is 52.5 Å². The normalized spacial score (nSPS) is 14.8. The van der Waals surface area contributed by atoms with E-state index in [0.717, 1.165) is 41.3 Å². The fraction of sp³-hybridized carbons (Fsp3) is 0.278. The Hall–Kier alpha value is -2.41. The zero-order valence-corrected chi connectivity index (χ0v) is 15.0. The number of hydrogen-bond acceptors (Lipinski definition) is 4. The lowest BCUT2D eigenvalue weighted by molar-refractivity contribution is 0.248. The number of rotatable bonds is 3. The summed E-state index contributed by atoms with van der Waals surface area (Å²) < 4.78 is 6.46. The molecule has 0 radical (unpaired) electrons. The van der Waals surface area contributed by atoms with Crippen LogP contribution in [0.1, 0.15) is 25.7 Å². The summed E-state index contributed by atoms with van der Waals surface area (Å²) >= 11 is 3.51. The van der Waals surface area contributed by atoms with E-state index in [9.17, 15) is 4.79 Å². The largest absolute Gasteiger partial charge is 0.422 e. The number of nitrogens with zero attached hydrogens (tertiary/aromatic N) is 2. The van der Waals surface area contributed by atoms with Gasteiger partial charge in [-0.15, -0.1) is 0 Å². The standard InChI is InChI=1S/C18H17BrN4O2/c19-14-8-12(11-4-3-7-20-10-11)9-15-16(14)25-18(22-15)23-17(24)21-13-5-1-2-6-13/h3-4,7-10,13H,1-2,5-6H2,(H2,21,22,23,24). The van der Waals surface area contributed by atoms with Crippen LogP contribution in [0, 0.1) is 0 Å². The van der Waals surface area contributed by atoms with E-state index in [2.05, 4.69) is 36.5 Å². The molecular weight excluding hydrogens is 384 g/mol. The minimum Gasteiger partial charge on any atom is -0.422 e. The molecule has 0 bridgehead atoms. The zero-order chi connectivity index (χ0) is 17.2. The first-order chi connectivity index (χ1) is 12.2. The van der Waals surface area contributed by atoms with E-state index in [0.29, 0.717) is 11.1 Å². The molecule has 1 saturated carbocycles. The lowest BCUT2D eigenvalue weighted by atomic mass is 10.1. The highest BCUT2D eigenvalue weighted by Gasteiger charge is 2.19. The summed E-state index contributed by atoms with van der Waals surface area (Å²) in [6.07, 6.45) is 7.91. The van der Waals surface area contributed by atoms with Crippen LogP contribution in [-0.2, 0) is 0 Å². The SMILES string of the molecule is O=C(Nc1nc2cc(-c3cccnc3)cc(Br)c2o1)NC1CCCC1. The Morgan fingerprint density at radius 2 is 2.08 bits per heavy atom. The van der Waals surface area contributed by atoms with Gasteiger partial charge >= 0.3 is 12.0 Å². The summed E-state index contributed by atoms with van der Waals surface area (Å²) in [6.45, 7) is 0. The molecule has 0 unspecified atom stereocenters. The number of fused-ring (bicyclic) bond motifs is 1. The van der Waals surface area contributed by atoms with E-state index >= 15 is 0 Å². The summed E-state index contributed by atoms with van der Waals surface area (Å²) in [6, 6.07) is 7.89. The third-order valence-corrected chi connectivity index (χ3v) is 4.94. The molecule has 3 aromatic rings. The summed E-state index contributed by atoms with van der Waals surface area (Å²) in [5.74, 6) is 0. The van der Waals surface area contributed by atoms with E-state index in [1.807, 2.05) is 24.3 Å². The predicted molar refractivity (Wildman–Crippen MR) is 99.4 cm³/mol. The van der Waals surface area contributed by atoms with Gasteiger partial charge in [-0.3, -0.25) is 10.3 Å². The molecule has 7 heteroatoms. The Kier molecular flexibility index (Phi) is 4.40. The van der Waals surface area contributed by atoms with E-state index < -0.39 is 0 Å². The molecule has 25 heavy (non-hydrogen) atoms. The quantitative estimate of drug-likeness (QED) is 0.666. The molecule has 6 nitrogen and oxygen atoms in total. The first kappa shape index (κ1) is 16.1. The number of oxazole rings is 1. The number of pyridine rings is 1. The van der Waals surface area contributed by atoms with Gasteiger partial charge in [0.25, 0.3) is 0 Å². The maximum Gasteiger partial charge on any atom is 0.323 e. The topological polar surface area (TPSA) is 80.1 Å². The van der Waals surface area contributed by atoms with Gasteiger partial charge in [0.05, 0.1) is 4.47 Å². The minimum atomic E-state index is -0.276. The van der Waals surface area contributed by atoms with Crippen molar-refractivity contribution in [3.63, 3.8) is 0 Å². The lowest BCUT2D eigenvalue weighted by Gasteiger charge is -2.10. The Morgan fingerprint density at radius 3 is 2.84 bits per heavy atom. The van der Waals surface area contributed by atoms with Crippen molar-refractivity contribution in [2.45, 2.75) is 31.7 Å². The van der Waals surface area contributed by atoms with Gasteiger partial charge in [-0.2, -0.15) is 4.98 Å². The van der Waals surface area contributed by atoms with Crippen LogP contribution in [0.4, 0.5) is 10.8 Å². The second kappa shape index (κ2) is 6.84. The molecule has 1 aromatic carbocycles. The number of amides is 2. The number of aromatic nitrogens is 2. The zero-order valence-electron chi connectivity index (χ0n) is 13.5. The van der Waals surface area contributed by atoms with Crippen molar-refractivity contribution in [1.29, 1.82) is 0 Å². The number of carbonyl (C=O) groups is 1. The number of halogens is 1. The third-order valence-electron chi connectivity index (χ3n) is 4.35. The Morgan fingerprint density at radius 1 is 1.24 bits per heavy atom. The molecule has 1 aliphatic rings. The molecule has 2 aromatic heterocycles. The second-order valence-electron chi connectivity index (χ2n) is 6.15. The number of urea groups is 1. The van der Waals surface area contributed by atoms with Crippen molar-refractivity contribution in [3.8, 4) is 11.1 Å². The summed E-state index contributed by atoms with van der Waals surface area (Å²) in [4.78, 5) is 20.6. The van der Waals surface area contributed by atoms with E-state index in [1.54, 1.807) is 12.4 Å². The van der Waals surface area contributed by atoms with Crippen LogP contribution in [-0.4, -0.2) is 22.0 Å². The molecule has 0 aliphatic heterocycles. The van der Waals surface area contributed by atoms with Crippen molar-refractivity contribution in [3.05, 3.63) is 41.1 Å². The van der Waals surface area contributed by atoms with Crippen LogP contribution in [0.15, 0.2) is 45.5 Å². The minimum absolute atomic E-state index is 0.189. The third kappa shape index (κ3) is 3.51. The van der Waals surface area contributed by atoms with Gasteiger partial charge in [0.1, 0.15) is 5.52 Å². The van der Waals surface area contributed by atoms with Crippen LogP contribution in [0.5, 0.6) is 0 Å². The highest BCUT2D eigenvalue weighted by molar-refractivity contribution is 9.10. The summed E-state index contributed by atoms with van der Waals surface area (Å²) in [7, 11) is 0. The first-order valence-electron chi connectivity index (χ1n) is 8.27. The lowest BCUT2D eigenvalue weighted by Crippen LogP contribution is -2.36. The van der Waals surface area contributed by atoms with E-state index in [4.69, 9.17) is 4.42 Å². The van der Waals surface area contributed by atoms with Crippen LogP contribution in [0.25, 0.3) is 22.2 Å². The molecule has 4 rings (SSSR count). The van der Waals surface area contributed by atoms with Crippen molar-refractivity contribution in [1.82, 2.24) is 15.3 Å². The van der Waals surface area contributed by atoms with Gasteiger partial charge in [-0.25, -0.2) is 4.79 Å². The number of hydrogen-bond donors (Lipinski definition) is 2. The predicted octanol–water partition coefficient (Wildman–Crippen LogP) is 4.72. The van der Waals surface area contributed by atoms with Crippen LogP contribution >= 0.6 is 15.9 Å². The maximum absolute atomic E-state index is 12.1.